The maximum absolute atomic E-state index is 12.5. The van der Waals surface area contributed by atoms with Crippen molar-refractivity contribution < 1.29 is 31.5 Å². The zero-order chi connectivity index (χ0) is 20.9. The topological polar surface area (TPSA) is 89.5 Å². The van der Waals surface area contributed by atoms with Gasteiger partial charge in [0.25, 0.3) is 5.91 Å². The molecule has 0 heterocycles. The maximum Gasteiger partial charge on any atom is 0.341 e. The van der Waals surface area contributed by atoms with Crippen LogP contribution < -0.4 is 5.32 Å². The Balaban J connectivity index is 2.00. The van der Waals surface area contributed by atoms with Crippen molar-refractivity contribution >= 4 is 27.4 Å². The molecule has 150 valence electrons. The minimum Gasteiger partial charge on any atom is -0.449 e. The standard InChI is InChI=1S/C19H19F2NO5S/c1-3-13-4-8-15(9-5-13)22-17(23)12(2)27-18(24)14-6-10-16(11-7-14)28(25,26)19(20)21/h4-12,19H,3H2,1-2H3,(H,22,23). The summed E-state index contributed by atoms with van der Waals surface area (Å²) in [7, 11) is -4.75. The van der Waals surface area contributed by atoms with Gasteiger partial charge in [0.2, 0.25) is 9.84 Å². The summed E-state index contributed by atoms with van der Waals surface area (Å²) >= 11 is 0. The monoisotopic (exact) mass is 411 g/mol. The van der Waals surface area contributed by atoms with Gasteiger partial charge in [0.15, 0.2) is 6.10 Å². The van der Waals surface area contributed by atoms with E-state index in [0.29, 0.717) is 5.69 Å². The number of amides is 1. The molecular weight excluding hydrogens is 392 g/mol. The Morgan fingerprint density at radius 1 is 1.04 bits per heavy atom. The van der Waals surface area contributed by atoms with E-state index in [0.717, 1.165) is 36.2 Å². The molecule has 6 nitrogen and oxygen atoms in total. The zero-order valence-corrected chi connectivity index (χ0v) is 16.0. The molecular formula is C19H19F2NO5S. The summed E-state index contributed by atoms with van der Waals surface area (Å²) in [5, 5.41) is 2.61. The van der Waals surface area contributed by atoms with Gasteiger partial charge in [-0.2, -0.15) is 8.78 Å². The number of esters is 1. The zero-order valence-electron chi connectivity index (χ0n) is 15.2. The van der Waals surface area contributed by atoms with Crippen LogP contribution in [0.2, 0.25) is 0 Å². The number of hydrogen-bond donors (Lipinski definition) is 1. The highest BCUT2D eigenvalue weighted by molar-refractivity contribution is 7.91. The Morgan fingerprint density at radius 2 is 1.61 bits per heavy atom. The predicted octanol–water partition coefficient (Wildman–Crippen LogP) is 3.43. The van der Waals surface area contributed by atoms with Crippen LogP contribution in [0.5, 0.6) is 0 Å². The second kappa shape index (κ2) is 8.92. The third-order valence-corrected chi connectivity index (χ3v) is 5.33. The number of carbonyl (C=O) groups is 2. The molecule has 1 atom stereocenters. The summed E-state index contributed by atoms with van der Waals surface area (Å²) in [5.41, 5.74) is 1.58. The molecule has 2 rings (SSSR count). The highest BCUT2D eigenvalue weighted by atomic mass is 32.2. The molecule has 0 saturated heterocycles. The number of sulfone groups is 1. The summed E-state index contributed by atoms with van der Waals surface area (Å²) in [5.74, 6) is -4.99. The number of alkyl halides is 2. The number of aryl methyl sites for hydroxylation is 1. The first kappa shape index (κ1) is 21.5. The summed E-state index contributed by atoms with van der Waals surface area (Å²) in [6, 6.07) is 11.1. The van der Waals surface area contributed by atoms with E-state index in [9.17, 15) is 26.8 Å². The summed E-state index contributed by atoms with van der Waals surface area (Å²) in [6.45, 7) is 3.38. The lowest BCUT2D eigenvalue weighted by Crippen LogP contribution is -2.30. The van der Waals surface area contributed by atoms with Crippen molar-refractivity contribution in [3.63, 3.8) is 0 Å². The average Bonchev–Trinajstić information content (AvgIpc) is 2.68. The van der Waals surface area contributed by atoms with E-state index in [1.165, 1.54) is 6.92 Å². The molecule has 1 unspecified atom stereocenters. The fraction of sp³-hybridized carbons (Fsp3) is 0.263. The van der Waals surface area contributed by atoms with Crippen LogP contribution >= 0.6 is 0 Å². The molecule has 2 aromatic rings. The fourth-order valence-corrected chi connectivity index (χ4v) is 2.95. The van der Waals surface area contributed by atoms with Crippen molar-refractivity contribution in [2.75, 3.05) is 5.32 Å². The molecule has 9 heteroatoms. The van der Waals surface area contributed by atoms with Gasteiger partial charge >= 0.3 is 11.7 Å². The van der Waals surface area contributed by atoms with Crippen LogP contribution in [0.1, 0.15) is 29.8 Å². The molecule has 0 radical (unpaired) electrons. The number of nitrogens with one attached hydrogen (secondary N) is 1. The molecule has 28 heavy (non-hydrogen) atoms. The van der Waals surface area contributed by atoms with E-state index in [-0.39, 0.29) is 5.56 Å². The number of anilines is 1. The number of ether oxygens (including phenoxy) is 1. The SMILES string of the molecule is CCc1ccc(NC(=O)C(C)OC(=O)c2ccc(S(=O)(=O)C(F)F)cc2)cc1. The second-order valence-corrected chi connectivity index (χ2v) is 7.84. The van der Waals surface area contributed by atoms with Crippen molar-refractivity contribution in [3.05, 3.63) is 59.7 Å². The van der Waals surface area contributed by atoms with Crippen molar-refractivity contribution in [1.82, 2.24) is 0 Å². The highest BCUT2D eigenvalue weighted by Gasteiger charge is 2.27. The minimum absolute atomic E-state index is 0.0693. The van der Waals surface area contributed by atoms with Crippen LogP contribution in [0.15, 0.2) is 53.4 Å². The van der Waals surface area contributed by atoms with Crippen LogP contribution in [0.25, 0.3) is 0 Å². The van der Waals surface area contributed by atoms with Gasteiger partial charge in [0, 0.05) is 5.69 Å². The van der Waals surface area contributed by atoms with Gasteiger partial charge in [-0.05, 0) is 55.3 Å². The first-order valence-electron chi connectivity index (χ1n) is 8.38. The average molecular weight is 411 g/mol. The van der Waals surface area contributed by atoms with Gasteiger partial charge < -0.3 is 10.1 Å². The Bertz CT molecular complexity index is 941. The Morgan fingerprint density at radius 3 is 2.11 bits per heavy atom. The van der Waals surface area contributed by atoms with Crippen molar-refractivity contribution in [2.45, 2.75) is 37.0 Å². The quantitative estimate of drug-likeness (QED) is 0.705. The Labute approximate surface area is 161 Å². The molecule has 0 aromatic heterocycles. The van der Waals surface area contributed by atoms with E-state index in [2.05, 4.69) is 5.32 Å². The largest absolute Gasteiger partial charge is 0.449 e. The first-order chi connectivity index (χ1) is 13.1. The lowest BCUT2D eigenvalue weighted by molar-refractivity contribution is -0.123. The molecule has 1 amide bonds. The van der Waals surface area contributed by atoms with E-state index in [1.54, 1.807) is 12.1 Å². The molecule has 1 N–H and O–H groups in total. The smallest absolute Gasteiger partial charge is 0.341 e. The van der Waals surface area contributed by atoms with Gasteiger partial charge in [-0.15, -0.1) is 0 Å². The molecule has 2 aromatic carbocycles. The number of hydrogen-bond acceptors (Lipinski definition) is 5. The molecule has 0 saturated carbocycles. The molecule has 0 aliphatic rings. The van der Waals surface area contributed by atoms with Crippen LogP contribution in [0.4, 0.5) is 14.5 Å². The van der Waals surface area contributed by atoms with Crippen LogP contribution in [0, 0.1) is 0 Å². The summed E-state index contributed by atoms with van der Waals surface area (Å²) in [6.07, 6.45) is -0.262. The van der Waals surface area contributed by atoms with Gasteiger partial charge in [-0.3, -0.25) is 4.79 Å². The molecule has 0 aliphatic heterocycles. The normalized spacial score (nSPS) is 12.5. The van der Waals surface area contributed by atoms with Crippen LogP contribution in [-0.2, 0) is 25.8 Å². The molecule has 0 spiro atoms. The number of carbonyl (C=O) groups excluding carboxylic acids is 2. The highest BCUT2D eigenvalue weighted by Crippen LogP contribution is 2.19. The van der Waals surface area contributed by atoms with E-state index < -0.39 is 38.5 Å². The maximum atomic E-state index is 12.5. The van der Waals surface area contributed by atoms with Gasteiger partial charge in [-0.25, -0.2) is 13.2 Å². The molecule has 0 bridgehead atoms. The van der Waals surface area contributed by atoms with Crippen molar-refractivity contribution in [3.8, 4) is 0 Å². The number of benzene rings is 2. The van der Waals surface area contributed by atoms with Crippen molar-refractivity contribution in [1.29, 1.82) is 0 Å². The second-order valence-electron chi connectivity index (χ2n) is 5.92. The van der Waals surface area contributed by atoms with E-state index in [1.807, 2.05) is 19.1 Å². The van der Waals surface area contributed by atoms with Gasteiger partial charge in [0.1, 0.15) is 0 Å². The van der Waals surface area contributed by atoms with Crippen LogP contribution in [-0.4, -0.2) is 32.2 Å². The number of rotatable bonds is 7. The summed E-state index contributed by atoms with van der Waals surface area (Å²) in [4.78, 5) is 23.6. The number of halogens is 2. The van der Waals surface area contributed by atoms with E-state index in [4.69, 9.17) is 4.74 Å². The van der Waals surface area contributed by atoms with E-state index >= 15 is 0 Å². The van der Waals surface area contributed by atoms with Crippen LogP contribution in [0.3, 0.4) is 0 Å². The Hall–Kier alpha value is -2.81. The summed E-state index contributed by atoms with van der Waals surface area (Å²) < 4.78 is 52.8. The molecule has 0 aliphatic carbocycles. The van der Waals surface area contributed by atoms with Crippen molar-refractivity contribution in [2.24, 2.45) is 0 Å². The third kappa shape index (κ3) is 5.13. The molecule has 0 fully saturated rings. The third-order valence-electron chi connectivity index (χ3n) is 3.94. The predicted molar refractivity (Wildman–Crippen MR) is 99.0 cm³/mol. The lowest BCUT2D eigenvalue weighted by atomic mass is 10.1. The van der Waals surface area contributed by atoms with Gasteiger partial charge in [-0.1, -0.05) is 19.1 Å². The Kier molecular flexibility index (Phi) is 6.85. The fourth-order valence-electron chi connectivity index (χ4n) is 2.23. The lowest BCUT2D eigenvalue weighted by Gasteiger charge is -2.14. The first-order valence-corrected chi connectivity index (χ1v) is 9.92. The minimum atomic E-state index is -4.75. The van der Waals surface area contributed by atoms with Gasteiger partial charge in [0.05, 0.1) is 10.5 Å².